The van der Waals surface area contributed by atoms with Crippen molar-refractivity contribution in [1.82, 2.24) is 15.1 Å². The molecule has 0 N–H and O–H groups in total. The van der Waals surface area contributed by atoms with Crippen molar-refractivity contribution in [3.05, 3.63) is 54.3 Å². The summed E-state index contributed by atoms with van der Waals surface area (Å²) in [4.78, 5) is 13.3. The standard InChI is InChI=1S/C21H22FN5O2/c22-17-3-1-2-4-18(17)27-8-6-16(14-27)21-24-20(25-29-21)15-5-7-23-19(13-15)26-9-11-28-12-10-26/h1-5,7,13,16H,6,8-12,14H2. The Labute approximate surface area is 168 Å². The fraction of sp³-hybridized carbons (Fsp3) is 0.381. The Morgan fingerprint density at radius 2 is 1.90 bits per heavy atom. The average molecular weight is 395 g/mol. The van der Waals surface area contributed by atoms with E-state index in [0.717, 1.165) is 37.4 Å². The molecule has 0 radical (unpaired) electrons. The van der Waals surface area contributed by atoms with E-state index in [9.17, 15) is 4.39 Å². The third-order valence-corrected chi connectivity index (χ3v) is 5.51. The van der Waals surface area contributed by atoms with Crippen LogP contribution in [-0.4, -0.2) is 54.5 Å². The molecule has 2 aliphatic rings. The summed E-state index contributed by atoms with van der Waals surface area (Å²) in [5, 5.41) is 4.18. The van der Waals surface area contributed by atoms with Gasteiger partial charge in [-0.15, -0.1) is 0 Å². The van der Waals surface area contributed by atoms with Crippen LogP contribution in [0.25, 0.3) is 11.4 Å². The van der Waals surface area contributed by atoms with E-state index in [1.54, 1.807) is 18.3 Å². The molecular weight excluding hydrogens is 373 g/mol. The summed E-state index contributed by atoms with van der Waals surface area (Å²) in [6, 6.07) is 10.7. The van der Waals surface area contributed by atoms with Crippen LogP contribution in [0.5, 0.6) is 0 Å². The normalized spacial score (nSPS) is 19.7. The number of aromatic nitrogens is 3. The molecule has 5 rings (SSSR count). The largest absolute Gasteiger partial charge is 0.378 e. The maximum atomic E-state index is 14.1. The van der Waals surface area contributed by atoms with E-state index < -0.39 is 0 Å². The van der Waals surface area contributed by atoms with Crippen molar-refractivity contribution in [2.24, 2.45) is 0 Å². The highest BCUT2D eigenvalue weighted by molar-refractivity contribution is 5.60. The minimum atomic E-state index is -0.202. The summed E-state index contributed by atoms with van der Waals surface area (Å²) >= 11 is 0. The Kier molecular flexibility index (Phi) is 4.85. The highest BCUT2D eigenvalue weighted by Gasteiger charge is 2.30. The number of halogens is 1. The minimum Gasteiger partial charge on any atom is -0.378 e. The van der Waals surface area contributed by atoms with Crippen LogP contribution < -0.4 is 9.80 Å². The molecule has 4 heterocycles. The number of nitrogens with zero attached hydrogens (tertiary/aromatic N) is 5. The molecule has 0 amide bonds. The van der Waals surface area contributed by atoms with Crippen molar-refractivity contribution in [2.75, 3.05) is 49.2 Å². The zero-order valence-electron chi connectivity index (χ0n) is 16.0. The van der Waals surface area contributed by atoms with Crippen molar-refractivity contribution < 1.29 is 13.7 Å². The second-order valence-corrected chi connectivity index (χ2v) is 7.34. The molecule has 7 nitrogen and oxygen atoms in total. The summed E-state index contributed by atoms with van der Waals surface area (Å²) in [6.45, 7) is 4.48. The van der Waals surface area contributed by atoms with E-state index in [0.29, 0.717) is 37.2 Å². The lowest BCUT2D eigenvalue weighted by Gasteiger charge is -2.27. The molecule has 29 heavy (non-hydrogen) atoms. The second-order valence-electron chi connectivity index (χ2n) is 7.34. The predicted molar refractivity (Wildman–Crippen MR) is 107 cm³/mol. The first kappa shape index (κ1) is 18.1. The van der Waals surface area contributed by atoms with Gasteiger partial charge in [0.15, 0.2) is 0 Å². The zero-order chi connectivity index (χ0) is 19.6. The van der Waals surface area contributed by atoms with E-state index in [1.165, 1.54) is 6.07 Å². The number of hydrogen-bond donors (Lipinski definition) is 0. The Morgan fingerprint density at radius 3 is 2.76 bits per heavy atom. The van der Waals surface area contributed by atoms with Crippen molar-refractivity contribution in [3.63, 3.8) is 0 Å². The van der Waals surface area contributed by atoms with Crippen LogP contribution in [0.4, 0.5) is 15.9 Å². The van der Waals surface area contributed by atoms with Crippen molar-refractivity contribution >= 4 is 11.5 Å². The van der Waals surface area contributed by atoms with Gasteiger partial charge in [-0.3, -0.25) is 0 Å². The predicted octanol–water partition coefficient (Wildman–Crippen LogP) is 3.10. The first-order valence-corrected chi connectivity index (χ1v) is 9.90. The Bertz CT molecular complexity index is 988. The van der Waals surface area contributed by atoms with Gasteiger partial charge in [-0.25, -0.2) is 9.37 Å². The molecule has 3 aromatic rings. The van der Waals surface area contributed by atoms with Crippen LogP contribution in [0.2, 0.25) is 0 Å². The van der Waals surface area contributed by atoms with Crippen LogP contribution in [0.3, 0.4) is 0 Å². The van der Waals surface area contributed by atoms with E-state index in [1.807, 2.05) is 23.1 Å². The third kappa shape index (κ3) is 3.67. The van der Waals surface area contributed by atoms with E-state index in [2.05, 4.69) is 20.0 Å². The molecule has 2 fully saturated rings. The van der Waals surface area contributed by atoms with Gasteiger partial charge >= 0.3 is 0 Å². The van der Waals surface area contributed by atoms with Gasteiger partial charge in [-0.1, -0.05) is 17.3 Å². The quantitative estimate of drug-likeness (QED) is 0.672. The number of pyridine rings is 1. The molecule has 0 aliphatic carbocycles. The molecule has 1 aromatic carbocycles. The smallest absolute Gasteiger partial charge is 0.231 e. The summed E-state index contributed by atoms with van der Waals surface area (Å²) in [5.41, 5.74) is 1.50. The lowest BCUT2D eigenvalue weighted by molar-refractivity contribution is 0.122. The molecule has 2 saturated heterocycles. The minimum absolute atomic E-state index is 0.0939. The van der Waals surface area contributed by atoms with Crippen LogP contribution >= 0.6 is 0 Å². The monoisotopic (exact) mass is 395 g/mol. The number of rotatable bonds is 4. The van der Waals surface area contributed by atoms with Crippen LogP contribution in [0.15, 0.2) is 47.1 Å². The topological polar surface area (TPSA) is 67.5 Å². The van der Waals surface area contributed by atoms with Gasteiger partial charge < -0.3 is 19.1 Å². The maximum absolute atomic E-state index is 14.1. The summed E-state index contributed by atoms with van der Waals surface area (Å²) < 4.78 is 25.1. The van der Waals surface area contributed by atoms with Gasteiger partial charge in [0.25, 0.3) is 0 Å². The fourth-order valence-electron chi connectivity index (χ4n) is 3.93. The van der Waals surface area contributed by atoms with E-state index in [-0.39, 0.29) is 11.7 Å². The van der Waals surface area contributed by atoms with Crippen molar-refractivity contribution in [1.29, 1.82) is 0 Å². The van der Waals surface area contributed by atoms with E-state index >= 15 is 0 Å². The molecule has 0 bridgehead atoms. The number of ether oxygens (including phenoxy) is 1. The Hall–Kier alpha value is -3.00. The number of hydrogen-bond acceptors (Lipinski definition) is 7. The SMILES string of the molecule is Fc1ccccc1N1CCC(c2nc(-c3ccnc(N4CCOCC4)c3)no2)C1. The van der Waals surface area contributed by atoms with Gasteiger partial charge in [0.2, 0.25) is 11.7 Å². The number of anilines is 2. The number of benzene rings is 1. The van der Waals surface area contributed by atoms with Gasteiger partial charge in [0, 0.05) is 37.9 Å². The molecule has 0 spiro atoms. The zero-order valence-corrected chi connectivity index (χ0v) is 16.0. The van der Waals surface area contributed by atoms with E-state index in [4.69, 9.17) is 9.26 Å². The first-order chi connectivity index (χ1) is 14.3. The lowest BCUT2D eigenvalue weighted by Crippen LogP contribution is -2.36. The van der Waals surface area contributed by atoms with Gasteiger partial charge in [0.05, 0.1) is 24.8 Å². The molecule has 8 heteroatoms. The third-order valence-electron chi connectivity index (χ3n) is 5.51. The molecule has 2 aromatic heterocycles. The fourth-order valence-corrected chi connectivity index (χ4v) is 3.93. The summed E-state index contributed by atoms with van der Waals surface area (Å²) in [5.74, 6) is 1.94. The van der Waals surface area contributed by atoms with Gasteiger partial charge in [0.1, 0.15) is 11.6 Å². The summed E-state index contributed by atoms with van der Waals surface area (Å²) in [6.07, 6.45) is 2.62. The van der Waals surface area contributed by atoms with Crippen LogP contribution in [-0.2, 0) is 4.74 Å². The summed E-state index contributed by atoms with van der Waals surface area (Å²) in [7, 11) is 0. The van der Waals surface area contributed by atoms with Crippen molar-refractivity contribution in [3.8, 4) is 11.4 Å². The molecule has 1 unspecified atom stereocenters. The lowest BCUT2D eigenvalue weighted by atomic mass is 10.1. The Morgan fingerprint density at radius 1 is 1.03 bits per heavy atom. The van der Waals surface area contributed by atoms with Gasteiger partial charge in [-0.05, 0) is 30.7 Å². The van der Waals surface area contributed by atoms with Crippen LogP contribution in [0.1, 0.15) is 18.2 Å². The number of morpholine rings is 1. The average Bonchev–Trinajstić information content (AvgIpc) is 3.45. The first-order valence-electron chi connectivity index (χ1n) is 9.90. The molecule has 150 valence electrons. The molecular formula is C21H22FN5O2. The van der Waals surface area contributed by atoms with Crippen molar-refractivity contribution in [2.45, 2.75) is 12.3 Å². The highest BCUT2D eigenvalue weighted by Crippen LogP contribution is 2.32. The second kappa shape index (κ2) is 7.79. The highest BCUT2D eigenvalue weighted by atomic mass is 19.1. The molecule has 1 atom stereocenters. The molecule has 2 aliphatic heterocycles. The Balaban J connectivity index is 1.32. The van der Waals surface area contributed by atoms with Crippen LogP contribution in [0, 0.1) is 5.82 Å². The maximum Gasteiger partial charge on any atom is 0.231 e. The molecule has 0 saturated carbocycles. The number of para-hydroxylation sites is 1. The van der Waals surface area contributed by atoms with Gasteiger partial charge in [-0.2, -0.15) is 4.98 Å².